The van der Waals surface area contributed by atoms with Gasteiger partial charge in [-0.1, -0.05) is 12.1 Å². The highest BCUT2D eigenvalue weighted by Gasteiger charge is 2.18. The highest BCUT2D eigenvalue weighted by atomic mass is 19.3. The molecule has 28 heavy (non-hydrogen) atoms. The molecule has 0 atom stereocenters. The van der Waals surface area contributed by atoms with Crippen LogP contribution in [-0.2, 0) is 6.54 Å². The van der Waals surface area contributed by atoms with Crippen molar-refractivity contribution in [3.63, 3.8) is 0 Å². The average Bonchev–Trinajstić information content (AvgIpc) is 3.38. The Morgan fingerprint density at radius 3 is 2.79 bits per heavy atom. The molecule has 1 aromatic carbocycles. The van der Waals surface area contributed by atoms with Crippen molar-refractivity contribution < 1.29 is 17.9 Å². The lowest BCUT2D eigenvalue weighted by Crippen LogP contribution is -2.02. The minimum Gasteiger partial charge on any atom is -0.497 e. The van der Waals surface area contributed by atoms with E-state index in [1.165, 1.54) is 0 Å². The fourth-order valence-electron chi connectivity index (χ4n) is 2.76. The summed E-state index contributed by atoms with van der Waals surface area (Å²) in [5, 5.41) is 7.03. The summed E-state index contributed by atoms with van der Waals surface area (Å²) >= 11 is 0. The highest BCUT2D eigenvalue weighted by Crippen LogP contribution is 2.26. The Morgan fingerprint density at radius 1 is 1.11 bits per heavy atom. The predicted molar refractivity (Wildman–Crippen MR) is 95.8 cm³/mol. The van der Waals surface area contributed by atoms with Crippen LogP contribution in [0.5, 0.6) is 5.75 Å². The van der Waals surface area contributed by atoms with E-state index in [9.17, 15) is 8.78 Å². The van der Waals surface area contributed by atoms with Gasteiger partial charge in [-0.15, -0.1) is 10.2 Å². The summed E-state index contributed by atoms with van der Waals surface area (Å²) in [7, 11) is 1.62. The van der Waals surface area contributed by atoms with Crippen LogP contribution in [0, 0.1) is 0 Å². The van der Waals surface area contributed by atoms with Gasteiger partial charge in [-0.2, -0.15) is 8.78 Å². The summed E-state index contributed by atoms with van der Waals surface area (Å²) in [6.45, 7) is 0.564. The fourth-order valence-corrected chi connectivity index (χ4v) is 2.76. The number of halogens is 2. The number of nitrogens with zero attached hydrogens (tertiary/aromatic N) is 5. The Kier molecular flexibility index (Phi) is 4.79. The molecule has 0 unspecified atom stereocenters. The molecule has 0 saturated carbocycles. The van der Waals surface area contributed by atoms with Gasteiger partial charge >= 0.3 is 6.43 Å². The number of rotatable bonds is 6. The molecule has 0 aliphatic rings. The van der Waals surface area contributed by atoms with Crippen LogP contribution in [0.2, 0.25) is 0 Å². The third kappa shape index (κ3) is 3.59. The molecular formula is C19H15F2N5O2. The van der Waals surface area contributed by atoms with Gasteiger partial charge in [0, 0.05) is 30.7 Å². The lowest BCUT2D eigenvalue weighted by Gasteiger charge is -2.09. The van der Waals surface area contributed by atoms with Crippen LogP contribution in [0.15, 0.2) is 59.4 Å². The molecule has 0 amide bonds. The SMILES string of the molecule is COc1cccc(Cn2ccnc2-c2cc(-c3nnc(C(F)F)o3)ccn2)c1. The fraction of sp³-hybridized carbons (Fsp3) is 0.158. The number of imidazole rings is 1. The molecule has 0 aliphatic heterocycles. The Labute approximate surface area is 158 Å². The number of ether oxygens (including phenoxy) is 1. The number of hydrogen-bond donors (Lipinski definition) is 0. The van der Waals surface area contributed by atoms with Crippen molar-refractivity contribution in [3.05, 3.63) is 66.4 Å². The molecule has 0 spiro atoms. The van der Waals surface area contributed by atoms with Crippen LogP contribution in [0.4, 0.5) is 8.78 Å². The summed E-state index contributed by atoms with van der Waals surface area (Å²) in [6, 6.07) is 11.0. The molecular weight excluding hydrogens is 368 g/mol. The minimum absolute atomic E-state index is 0.00449. The lowest BCUT2D eigenvalue weighted by molar-refractivity contribution is 0.116. The van der Waals surface area contributed by atoms with Gasteiger partial charge in [-0.05, 0) is 29.8 Å². The first-order valence-electron chi connectivity index (χ1n) is 8.36. The predicted octanol–water partition coefficient (Wildman–Crippen LogP) is 3.99. The summed E-state index contributed by atoms with van der Waals surface area (Å²) in [5.74, 6) is 0.682. The zero-order valence-corrected chi connectivity index (χ0v) is 14.8. The molecule has 3 aromatic heterocycles. The van der Waals surface area contributed by atoms with E-state index in [1.807, 2.05) is 35.0 Å². The van der Waals surface area contributed by atoms with Crippen molar-refractivity contribution in [1.82, 2.24) is 24.7 Å². The zero-order chi connectivity index (χ0) is 19.5. The standard InChI is InChI=1S/C19H15F2N5O2/c1-27-14-4-2-3-12(9-14)11-26-8-7-23-17(26)15-10-13(5-6-22-15)18-24-25-19(28-18)16(20)21/h2-10,16H,11H2,1H3. The Hall–Kier alpha value is -3.62. The van der Waals surface area contributed by atoms with Gasteiger partial charge in [0.15, 0.2) is 5.82 Å². The molecule has 0 fully saturated rings. The Bertz CT molecular complexity index is 1090. The second-order valence-electron chi connectivity index (χ2n) is 5.91. The first-order chi connectivity index (χ1) is 13.6. The van der Waals surface area contributed by atoms with Crippen molar-refractivity contribution in [1.29, 1.82) is 0 Å². The zero-order valence-electron chi connectivity index (χ0n) is 14.8. The van der Waals surface area contributed by atoms with Gasteiger partial charge in [0.1, 0.15) is 11.4 Å². The van der Waals surface area contributed by atoms with Crippen molar-refractivity contribution in [3.8, 4) is 28.7 Å². The monoisotopic (exact) mass is 383 g/mol. The number of hydrogen-bond acceptors (Lipinski definition) is 6. The summed E-state index contributed by atoms with van der Waals surface area (Å²) in [5.41, 5.74) is 2.08. The van der Waals surface area contributed by atoms with Crippen LogP contribution >= 0.6 is 0 Å². The first kappa shape index (κ1) is 17.8. The highest BCUT2D eigenvalue weighted by molar-refractivity contribution is 5.61. The molecule has 0 aliphatic carbocycles. The largest absolute Gasteiger partial charge is 0.497 e. The summed E-state index contributed by atoms with van der Waals surface area (Å²) in [4.78, 5) is 8.72. The number of aromatic nitrogens is 5. The van der Waals surface area contributed by atoms with Crippen molar-refractivity contribution in [2.45, 2.75) is 13.0 Å². The van der Waals surface area contributed by atoms with Gasteiger partial charge in [-0.25, -0.2) is 4.98 Å². The topological polar surface area (TPSA) is 78.9 Å². The maximum atomic E-state index is 12.7. The molecule has 0 N–H and O–H groups in total. The van der Waals surface area contributed by atoms with E-state index < -0.39 is 12.3 Å². The van der Waals surface area contributed by atoms with Gasteiger partial charge in [0.25, 0.3) is 5.89 Å². The van der Waals surface area contributed by atoms with E-state index >= 15 is 0 Å². The maximum Gasteiger partial charge on any atom is 0.314 e. The summed E-state index contributed by atoms with van der Waals surface area (Å²) in [6.07, 6.45) is 2.24. The third-order valence-electron chi connectivity index (χ3n) is 4.07. The maximum absolute atomic E-state index is 12.7. The Balaban J connectivity index is 1.64. The van der Waals surface area contributed by atoms with Crippen LogP contribution < -0.4 is 4.74 Å². The number of benzene rings is 1. The quantitative estimate of drug-likeness (QED) is 0.501. The van der Waals surface area contributed by atoms with Crippen LogP contribution in [0.1, 0.15) is 17.9 Å². The van der Waals surface area contributed by atoms with Gasteiger partial charge in [0.2, 0.25) is 5.89 Å². The first-order valence-corrected chi connectivity index (χ1v) is 8.36. The van der Waals surface area contributed by atoms with Crippen LogP contribution in [0.25, 0.3) is 23.0 Å². The molecule has 3 heterocycles. The van der Waals surface area contributed by atoms with Crippen LogP contribution in [-0.4, -0.2) is 31.8 Å². The normalized spacial score (nSPS) is 11.1. The smallest absolute Gasteiger partial charge is 0.314 e. The van der Waals surface area contributed by atoms with E-state index in [2.05, 4.69) is 20.2 Å². The average molecular weight is 383 g/mol. The lowest BCUT2D eigenvalue weighted by atomic mass is 10.2. The van der Waals surface area contributed by atoms with Crippen molar-refractivity contribution in [2.24, 2.45) is 0 Å². The van der Waals surface area contributed by atoms with E-state index in [-0.39, 0.29) is 5.89 Å². The van der Waals surface area contributed by atoms with E-state index in [1.54, 1.807) is 31.6 Å². The molecule has 7 nitrogen and oxygen atoms in total. The van der Waals surface area contributed by atoms with Gasteiger partial charge < -0.3 is 13.7 Å². The van der Waals surface area contributed by atoms with Crippen molar-refractivity contribution in [2.75, 3.05) is 7.11 Å². The second-order valence-corrected chi connectivity index (χ2v) is 5.91. The third-order valence-corrected chi connectivity index (χ3v) is 4.07. The molecule has 0 bridgehead atoms. The Morgan fingerprint density at radius 2 is 2.00 bits per heavy atom. The number of alkyl halides is 2. The molecule has 9 heteroatoms. The molecule has 0 saturated heterocycles. The summed E-state index contributed by atoms with van der Waals surface area (Å²) < 4.78 is 37.6. The molecule has 142 valence electrons. The second kappa shape index (κ2) is 7.55. The molecule has 0 radical (unpaired) electrons. The minimum atomic E-state index is -2.82. The van der Waals surface area contributed by atoms with Gasteiger partial charge in [-0.3, -0.25) is 4.98 Å². The van der Waals surface area contributed by atoms with Crippen LogP contribution in [0.3, 0.4) is 0 Å². The molecule has 4 rings (SSSR count). The molecule has 4 aromatic rings. The van der Waals surface area contributed by atoms with Crippen molar-refractivity contribution >= 4 is 0 Å². The number of pyridine rings is 1. The van der Waals surface area contributed by atoms with E-state index in [0.717, 1.165) is 11.3 Å². The van der Waals surface area contributed by atoms with Gasteiger partial charge in [0.05, 0.1) is 7.11 Å². The van der Waals surface area contributed by atoms with E-state index in [4.69, 9.17) is 9.15 Å². The van der Waals surface area contributed by atoms with E-state index in [0.29, 0.717) is 23.6 Å². The number of methoxy groups -OCH3 is 1.